The van der Waals surface area contributed by atoms with Gasteiger partial charge >= 0.3 is 11.9 Å². The van der Waals surface area contributed by atoms with Gasteiger partial charge in [-0.05, 0) is 13.8 Å². The monoisotopic (exact) mass is 216 g/mol. The lowest BCUT2D eigenvalue weighted by molar-refractivity contribution is -0.162. The number of aldehydes is 1. The summed E-state index contributed by atoms with van der Waals surface area (Å²) >= 11 is 0. The maximum Gasteiger partial charge on any atom is 0.376 e. The Kier molecular flexibility index (Phi) is 5.92. The maximum absolute atomic E-state index is 11.2. The van der Waals surface area contributed by atoms with Crippen LogP contribution in [0.1, 0.15) is 13.8 Å². The minimum absolute atomic E-state index is 0.00102. The molecule has 15 heavy (non-hydrogen) atoms. The van der Waals surface area contributed by atoms with Gasteiger partial charge in [0.15, 0.2) is 5.92 Å². The van der Waals surface area contributed by atoms with Crippen LogP contribution in [-0.2, 0) is 28.7 Å². The second kappa shape index (κ2) is 6.69. The number of hydrogen-bond donors (Lipinski definition) is 0. The van der Waals surface area contributed by atoms with Gasteiger partial charge in [0.2, 0.25) is 0 Å². The van der Waals surface area contributed by atoms with Crippen LogP contribution in [0.15, 0.2) is 0 Å². The number of ketones is 1. The lowest BCUT2D eigenvalue weighted by Gasteiger charge is -2.07. The largest absolute Gasteiger partial charge is 0.465 e. The zero-order valence-corrected chi connectivity index (χ0v) is 8.52. The lowest BCUT2D eigenvalue weighted by atomic mass is 10.1. The van der Waals surface area contributed by atoms with E-state index in [-0.39, 0.29) is 19.5 Å². The Labute approximate surface area is 86.5 Å². The van der Waals surface area contributed by atoms with Crippen molar-refractivity contribution in [3.05, 3.63) is 0 Å². The van der Waals surface area contributed by atoms with Crippen LogP contribution in [0.3, 0.4) is 0 Å². The van der Waals surface area contributed by atoms with Crippen LogP contribution >= 0.6 is 0 Å². The van der Waals surface area contributed by atoms with Crippen molar-refractivity contribution in [1.29, 1.82) is 0 Å². The van der Waals surface area contributed by atoms with Gasteiger partial charge in [-0.1, -0.05) is 0 Å². The molecule has 0 heterocycles. The van der Waals surface area contributed by atoms with E-state index in [1.165, 1.54) is 13.8 Å². The second-order valence-corrected chi connectivity index (χ2v) is 2.45. The van der Waals surface area contributed by atoms with Crippen LogP contribution in [0.2, 0.25) is 0 Å². The van der Waals surface area contributed by atoms with E-state index in [1.54, 1.807) is 0 Å². The van der Waals surface area contributed by atoms with E-state index in [0.717, 1.165) is 0 Å². The number of Topliss-reactive ketones (excluding diaryl/α,β-unsaturated/α-hetero) is 1. The Morgan fingerprint density at radius 1 is 1.13 bits per heavy atom. The molecule has 1 atom stereocenters. The van der Waals surface area contributed by atoms with Gasteiger partial charge in [-0.2, -0.15) is 0 Å². The van der Waals surface area contributed by atoms with Crippen LogP contribution in [0.4, 0.5) is 0 Å². The number of rotatable bonds is 6. The molecular weight excluding hydrogens is 204 g/mol. The molecule has 6 heteroatoms. The number of carbonyl (C=O) groups excluding carboxylic acids is 4. The zero-order valence-electron chi connectivity index (χ0n) is 8.52. The van der Waals surface area contributed by atoms with E-state index < -0.39 is 23.6 Å². The molecule has 6 nitrogen and oxygen atoms in total. The van der Waals surface area contributed by atoms with Crippen molar-refractivity contribution in [2.24, 2.45) is 5.92 Å². The smallest absolute Gasteiger partial charge is 0.376 e. The molecule has 0 aromatic rings. The molecule has 0 aromatic heterocycles. The van der Waals surface area contributed by atoms with Crippen LogP contribution in [0.25, 0.3) is 0 Å². The number of esters is 2. The van der Waals surface area contributed by atoms with Crippen LogP contribution in [-0.4, -0.2) is 37.2 Å². The summed E-state index contributed by atoms with van der Waals surface area (Å²) in [6.07, 6.45) is 0.0667. The Bertz CT molecular complexity index is 270. The summed E-state index contributed by atoms with van der Waals surface area (Å²) in [4.78, 5) is 43.6. The summed E-state index contributed by atoms with van der Waals surface area (Å²) in [5.74, 6) is -5.16. The van der Waals surface area contributed by atoms with E-state index in [1.807, 2.05) is 0 Å². The van der Waals surface area contributed by atoms with Gasteiger partial charge in [0.05, 0.1) is 13.2 Å². The average Bonchev–Trinajstić information content (AvgIpc) is 2.19. The van der Waals surface area contributed by atoms with Crippen molar-refractivity contribution in [3.63, 3.8) is 0 Å². The summed E-state index contributed by atoms with van der Waals surface area (Å²) in [7, 11) is 0. The molecule has 0 bridgehead atoms. The highest BCUT2D eigenvalue weighted by Crippen LogP contribution is 2.00. The Morgan fingerprint density at radius 2 is 1.67 bits per heavy atom. The molecule has 0 radical (unpaired) electrons. The first kappa shape index (κ1) is 13.3. The molecule has 84 valence electrons. The molecule has 0 saturated heterocycles. The number of carbonyl (C=O) groups is 4. The highest BCUT2D eigenvalue weighted by molar-refractivity contribution is 6.41. The molecule has 0 aliphatic heterocycles. The lowest BCUT2D eigenvalue weighted by Crippen LogP contribution is -2.33. The molecule has 1 unspecified atom stereocenters. The van der Waals surface area contributed by atoms with Crippen molar-refractivity contribution >= 4 is 24.0 Å². The summed E-state index contributed by atoms with van der Waals surface area (Å²) < 4.78 is 8.81. The number of ether oxygens (including phenoxy) is 2. The van der Waals surface area contributed by atoms with Gasteiger partial charge in [-0.3, -0.25) is 9.59 Å². The van der Waals surface area contributed by atoms with Gasteiger partial charge < -0.3 is 14.3 Å². The number of hydrogen-bond acceptors (Lipinski definition) is 6. The SMILES string of the molecule is CCOC(=O)C(=O)C(C=O)C(=O)OCC. The minimum atomic E-state index is -1.72. The van der Waals surface area contributed by atoms with Gasteiger partial charge in [0.1, 0.15) is 6.29 Å². The summed E-state index contributed by atoms with van der Waals surface area (Å²) in [6, 6.07) is 0. The quantitative estimate of drug-likeness (QED) is 0.257. The predicted octanol–water partition coefficient (Wildman–Crippen LogP) is -0.503. The maximum atomic E-state index is 11.2. The van der Waals surface area contributed by atoms with Gasteiger partial charge in [-0.25, -0.2) is 4.79 Å². The summed E-state index contributed by atoms with van der Waals surface area (Å²) in [5.41, 5.74) is 0. The van der Waals surface area contributed by atoms with Gasteiger partial charge in [0, 0.05) is 0 Å². The van der Waals surface area contributed by atoms with Gasteiger partial charge in [0.25, 0.3) is 5.78 Å². The van der Waals surface area contributed by atoms with Crippen molar-refractivity contribution < 1.29 is 28.7 Å². The summed E-state index contributed by atoms with van der Waals surface area (Å²) in [5, 5.41) is 0. The third kappa shape index (κ3) is 3.88. The molecule has 0 aromatic carbocycles. The van der Waals surface area contributed by atoms with Crippen LogP contribution in [0.5, 0.6) is 0 Å². The fraction of sp³-hybridized carbons (Fsp3) is 0.556. The topological polar surface area (TPSA) is 86.7 Å². The standard InChI is InChI=1S/C9H12O6/c1-3-14-8(12)6(5-10)7(11)9(13)15-4-2/h5-6H,3-4H2,1-2H3. The highest BCUT2D eigenvalue weighted by atomic mass is 16.5. The first-order chi connectivity index (χ1) is 7.08. The zero-order chi connectivity index (χ0) is 11.8. The van der Waals surface area contributed by atoms with E-state index in [0.29, 0.717) is 0 Å². The van der Waals surface area contributed by atoms with Crippen LogP contribution in [0, 0.1) is 5.92 Å². The fourth-order valence-corrected chi connectivity index (χ4v) is 0.786. The van der Waals surface area contributed by atoms with Crippen molar-refractivity contribution in [2.45, 2.75) is 13.8 Å². The normalized spacial score (nSPS) is 11.3. The Morgan fingerprint density at radius 3 is 2.07 bits per heavy atom. The molecule has 0 rings (SSSR count). The Hall–Kier alpha value is -1.72. The van der Waals surface area contributed by atoms with Crippen molar-refractivity contribution in [3.8, 4) is 0 Å². The van der Waals surface area contributed by atoms with E-state index >= 15 is 0 Å². The average molecular weight is 216 g/mol. The fourth-order valence-electron chi connectivity index (χ4n) is 0.786. The van der Waals surface area contributed by atoms with Gasteiger partial charge in [-0.15, -0.1) is 0 Å². The molecule has 0 amide bonds. The van der Waals surface area contributed by atoms with E-state index in [4.69, 9.17) is 0 Å². The second-order valence-electron chi connectivity index (χ2n) is 2.45. The molecular formula is C9H12O6. The molecule has 0 aliphatic carbocycles. The molecule has 0 fully saturated rings. The van der Waals surface area contributed by atoms with E-state index in [2.05, 4.69) is 9.47 Å². The molecule has 0 aliphatic rings. The molecule has 0 saturated carbocycles. The third-order valence-electron chi connectivity index (χ3n) is 1.44. The first-order valence-corrected chi connectivity index (χ1v) is 4.41. The van der Waals surface area contributed by atoms with Crippen molar-refractivity contribution in [1.82, 2.24) is 0 Å². The Balaban J connectivity index is 4.53. The molecule has 0 spiro atoms. The van der Waals surface area contributed by atoms with E-state index in [9.17, 15) is 19.2 Å². The highest BCUT2D eigenvalue weighted by Gasteiger charge is 2.33. The van der Waals surface area contributed by atoms with Crippen molar-refractivity contribution in [2.75, 3.05) is 13.2 Å². The molecule has 0 N–H and O–H groups in total. The first-order valence-electron chi connectivity index (χ1n) is 4.41. The third-order valence-corrected chi connectivity index (χ3v) is 1.44. The predicted molar refractivity (Wildman–Crippen MR) is 47.8 cm³/mol. The summed E-state index contributed by atoms with van der Waals surface area (Å²) in [6.45, 7) is 3.05. The minimum Gasteiger partial charge on any atom is -0.465 e. The van der Waals surface area contributed by atoms with Crippen LogP contribution < -0.4 is 0 Å².